The lowest BCUT2D eigenvalue weighted by Gasteiger charge is -2.07. The first-order valence-electron chi connectivity index (χ1n) is 8.82. The van der Waals surface area contributed by atoms with Crippen LogP contribution >= 0.6 is 0 Å². The fourth-order valence-corrected chi connectivity index (χ4v) is 2.57. The van der Waals surface area contributed by atoms with Crippen molar-refractivity contribution in [2.45, 2.75) is 19.4 Å². The van der Waals surface area contributed by atoms with Gasteiger partial charge in [-0.1, -0.05) is 17.3 Å². The summed E-state index contributed by atoms with van der Waals surface area (Å²) in [5.74, 6) is 1.52. The smallest absolute Gasteiger partial charge is 0.306 e. The van der Waals surface area contributed by atoms with Crippen LogP contribution in [0.3, 0.4) is 0 Å². The molecule has 0 N–H and O–H groups in total. The molecule has 0 saturated heterocycles. The zero-order valence-corrected chi connectivity index (χ0v) is 16.0. The Hall–Kier alpha value is -3.86. The number of hydrogen-bond donors (Lipinski definition) is 0. The van der Waals surface area contributed by atoms with Gasteiger partial charge in [0, 0.05) is 12.0 Å². The maximum absolute atomic E-state index is 11.9. The number of methoxy groups -OCH3 is 2. The largest absolute Gasteiger partial charge is 0.493 e. The molecule has 0 spiro atoms. The molecule has 1 aromatic heterocycles. The van der Waals surface area contributed by atoms with Crippen molar-refractivity contribution >= 4 is 5.97 Å². The Morgan fingerprint density at radius 2 is 1.86 bits per heavy atom. The van der Waals surface area contributed by atoms with Crippen LogP contribution in [0.25, 0.3) is 11.4 Å². The van der Waals surface area contributed by atoms with Gasteiger partial charge in [-0.3, -0.25) is 4.79 Å². The molecular weight excluding hydrogens is 374 g/mol. The summed E-state index contributed by atoms with van der Waals surface area (Å²) in [5.41, 5.74) is 2.08. The van der Waals surface area contributed by atoms with Crippen LogP contribution in [0.15, 0.2) is 47.0 Å². The molecule has 8 nitrogen and oxygen atoms in total. The van der Waals surface area contributed by atoms with Crippen LogP contribution in [0, 0.1) is 11.3 Å². The highest BCUT2D eigenvalue weighted by atomic mass is 16.5. The van der Waals surface area contributed by atoms with E-state index in [1.54, 1.807) is 56.7 Å². The summed E-state index contributed by atoms with van der Waals surface area (Å²) >= 11 is 0. The number of nitrogens with zero attached hydrogens (tertiary/aromatic N) is 3. The van der Waals surface area contributed by atoms with Crippen molar-refractivity contribution in [2.24, 2.45) is 0 Å². The van der Waals surface area contributed by atoms with Gasteiger partial charge in [-0.25, -0.2) is 0 Å². The lowest BCUT2D eigenvalue weighted by atomic mass is 10.2. The molecule has 0 fully saturated rings. The van der Waals surface area contributed by atoms with Crippen molar-refractivity contribution in [1.82, 2.24) is 10.1 Å². The normalized spacial score (nSPS) is 10.2. The molecule has 2 aromatic carbocycles. The van der Waals surface area contributed by atoms with E-state index in [9.17, 15) is 4.79 Å². The van der Waals surface area contributed by atoms with Crippen molar-refractivity contribution in [2.75, 3.05) is 14.2 Å². The van der Waals surface area contributed by atoms with E-state index < -0.39 is 0 Å². The molecule has 0 aliphatic carbocycles. The number of rotatable bonds is 8. The van der Waals surface area contributed by atoms with Gasteiger partial charge in [0.2, 0.25) is 11.7 Å². The second kappa shape index (κ2) is 9.37. The molecule has 0 aliphatic heterocycles. The van der Waals surface area contributed by atoms with Crippen LogP contribution in [0.1, 0.15) is 23.4 Å². The summed E-state index contributed by atoms with van der Waals surface area (Å²) in [5, 5.41) is 12.7. The summed E-state index contributed by atoms with van der Waals surface area (Å²) in [6.45, 7) is 0.144. The molecule has 0 amide bonds. The maximum atomic E-state index is 11.9. The summed E-state index contributed by atoms with van der Waals surface area (Å²) in [6, 6.07) is 14.2. The Morgan fingerprint density at radius 3 is 2.55 bits per heavy atom. The zero-order valence-electron chi connectivity index (χ0n) is 16.0. The minimum Gasteiger partial charge on any atom is -0.493 e. The van der Waals surface area contributed by atoms with Crippen molar-refractivity contribution in [1.29, 1.82) is 5.26 Å². The fraction of sp³-hybridized carbons (Fsp3) is 0.238. The standard InChI is InChI=1S/C21H19N3O5/c1-26-17-8-7-16(11-18(17)27-2)21-23-19(29-24-21)9-10-20(25)28-13-15-5-3-14(12-22)4-6-15/h3-8,11H,9-10,13H2,1-2H3. The second-order valence-corrected chi connectivity index (χ2v) is 6.05. The average molecular weight is 393 g/mol. The molecule has 8 heteroatoms. The molecular formula is C21H19N3O5. The SMILES string of the molecule is COc1ccc(-c2noc(CCC(=O)OCc3ccc(C#N)cc3)n2)cc1OC. The Labute approximate surface area is 167 Å². The highest BCUT2D eigenvalue weighted by Crippen LogP contribution is 2.31. The number of benzene rings is 2. The highest BCUT2D eigenvalue weighted by molar-refractivity contribution is 5.69. The molecule has 0 saturated carbocycles. The Morgan fingerprint density at radius 1 is 1.10 bits per heavy atom. The number of hydrogen-bond acceptors (Lipinski definition) is 8. The van der Waals surface area contributed by atoms with E-state index in [-0.39, 0.29) is 25.4 Å². The molecule has 0 atom stereocenters. The van der Waals surface area contributed by atoms with Gasteiger partial charge in [0.15, 0.2) is 11.5 Å². The summed E-state index contributed by atoms with van der Waals surface area (Å²) in [7, 11) is 3.11. The van der Waals surface area contributed by atoms with Gasteiger partial charge in [-0.15, -0.1) is 0 Å². The van der Waals surface area contributed by atoms with Crippen LogP contribution < -0.4 is 9.47 Å². The zero-order chi connectivity index (χ0) is 20.6. The van der Waals surface area contributed by atoms with Crippen molar-refractivity contribution in [3.8, 4) is 29.0 Å². The van der Waals surface area contributed by atoms with E-state index in [1.165, 1.54) is 0 Å². The third-order valence-corrected chi connectivity index (χ3v) is 4.14. The van der Waals surface area contributed by atoms with Gasteiger partial charge >= 0.3 is 5.97 Å². The van der Waals surface area contributed by atoms with Gasteiger partial charge in [-0.2, -0.15) is 10.2 Å². The topological polar surface area (TPSA) is 107 Å². The monoisotopic (exact) mass is 393 g/mol. The summed E-state index contributed by atoms with van der Waals surface area (Å²) in [4.78, 5) is 16.3. The number of esters is 1. The molecule has 29 heavy (non-hydrogen) atoms. The first-order chi connectivity index (χ1) is 14.1. The minimum atomic E-state index is -0.375. The molecule has 3 rings (SSSR count). The van der Waals surface area contributed by atoms with E-state index in [1.807, 2.05) is 6.07 Å². The third-order valence-electron chi connectivity index (χ3n) is 4.14. The molecule has 0 unspecified atom stereocenters. The van der Waals surface area contributed by atoms with Gasteiger partial charge in [-0.05, 0) is 35.9 Å². The highest BCUT2D eigenvalue weighted by Gasteiger charge is 2.14. The number of ether oxygens (including phenoxy) is 3. The van der Waals surface area contributed by atoms with Crippen molar-refractivity contribution < 1.29 is 23.5 Å². The molecule has 3 aromatic rings. The van der Waals surface area contributed by atoms with Gasteiger partial charge in [0.05, 0.1) is 32.3 Å². The van der Waals surface area contributed by atoms with Crippen LogP contribution in [-0.2, 0) is 22.6 Å². The average Bonchev–Trinajstić information content (AvgIpc) is 3.25. The maximum Gasteiger partial charge on any atom is 0.306 e. The number of aromatic nitrogens is 2. The predicted octanol–water partition coefficient (Wildman–Crippen LogP) is 3.30. The van der Waals surface area contributed by atoms with E-state index in [2.05, 4.69) is 10.1 Å². The van der Waals surface area contributed by atoms with E-state index in [4.69, 9.17) is 24.0 Å². The Kier molecular flexibility index (Phi) is 6.43. The van der Waals surface area contributed by atoms with E-state index in [0.717, 1.165) is 5.56 Å². The van der Waals surface area contributed by atoms with Gasteiger partial charge in [0.1, 0.15) is 6.61 Å². The molecule has 0 radical (unpaired) electrons. The summed E-state index contributed by atoms with van der Waals surface area (Å²) < 4.78 is 20.9. The third kappa shape index (κ3) is 5.11. The van der Waals surface area contributed by atoms with E-state index >= 15 is 0 Å². The molecule has 148 valence electrons. The second-order valence-electron chi connectivity index (χ2n) is 6.05. The van der Waals surface area contributed by atoms with Crippen LogP contribution in [0.5, 0.6) is 11.5 Å². The predicted molar refractivity (Wildman–Crippen MR) is 102 cm³/mol. The number of carbonyl (C=O) groups excluding carboxylic acids is 1. The van der Waals surface area contributed by atoms with Crippen LogP contribution in [-0.4, -0.2) is 30.3 Å². The van der Waals surface area contributed by atoms with Gasteiger partial charge in [0.25, 0.3) is 0 Å². The first kappa shape index (κ1) is 19.9. The Bertz CT molecular complexity index is 1020. The fourth-order valence-electron chi connectivity index (χ4n) is 2.57. The summed E-state index contributed by atoms with van der Waals surface area (Å²) in [6.07, 6.45) is 0.385. The lowest BCUT2D eigenvalue weighted by Crippen LogP contribution is -2.06. The first-order valence-corrected chi connectivity index (χ1v) is 8.82. The van der Waals surface area contributed by atoms with Crippen molar-refractivity contribution in [3.05, 3.63) is 59.5 Å². The van der Waals surface area contributed by atoms with Crippen molar-refractivity contribution in [3.63, 3.8) is 0 Å². The van der Waals surface area contributed by atoms with Crippen LogP contribution in [0.4, 0.5) is 0 Å². The molecule has 1 heterocycles. The lowest BCUT2D eigenvalue weighted by molar-refractivity contribution is -0.145. The molecule has 0 bridgehead atoms. The van der Waals surface area contributed by atoms with E-state index in [0.29, 0.717) is 34.3 Å². The minimum absolute atomic E-state index is 0.115. The number of nitriles is 1. The Balaban J connectivity index is 1.53. The number of carbonyl (C=O) groups is 1. The van der Waals surface area contributed by atoms with Gasteiger partial charge < -0.3 is 18.7 Å². The van der Waals surface area contributed by atoms with Crippen LogP contribution in [0.2, 0.25) is 0 Å². The molecule has 0 aliphatic rings. The number of aryl methyl sites for hydroxylation is 1. The quantitative estimate of drug-likeness (QED) is 0.537.